The predicted molar refractivity (Wildman–Crippen MR) is 121 cm³/mol. The highest BCUT2D eigenvalue weighted by atomic mass is 16.5. The monoisotopic (exact) mass is 415 g/mol. The lowest BCUT2D eigenvalue weighted by Crippen LogP contribution is -2.28. The molecule has 4 heterocycles. The van der Waals surface area contributed by atoms with Crippen LogP contribution in [0, 0.1) is 0 Å². The van der Waals surface area contributed by atoms with Crippen LogP contribution in [-0.4, -0.2) is 38.8 Å². The first-order valence-corrected chi connectivity index (χ1v) is 10.6. The van der Waals surface area contributed by atoms with E-state index in [-0.39, 0.29) is 11.6 Å². The Labute approximate surface area is 180 Å². The first kappa shape index (κ1) is 19.5. The zero-order chi connectivity index (χ0) is 21.2. The van der Waals surface area contributed by atoms with Crippen molar-refractivity contribution in [2.75, 3.05) is 18.5 Å². The van der Waals surface area contributed by atoms with E-state index < -0.39 is 0 Å². The van der Waals surface area contributed by atoms with Crippen molar-refractivity contribution in [1.29, 1.82) is 0 Å². The molecule has 0 bridgehead atoms. The molecule has 1 aliphatic rings. The molecule has 2 N–H and O–H groups in total. The molecule has 7 nitrogen and oxygen atoms in total. The van der Waals surface area contributed by atoms with Crippen molar-refractivity contribution in [1.82, 2.24) is 19.5 Å². The standard InChI is InChI=1S/C24H25N5O2/c1-16(18-3-2-17-4-9-25-22(17)14-18)29-11-6-19(15-23(29)30)21-5-10-26-24(28-21)27-20-7-12-31-13-8-20/h2-6,9-11,14-16,20,25H,7-8,12-13H2,1H3,(H,26,27,28). The second-order valence-corrected chi connectivity index (χ2v) is 7.96. The number of pyridine rings is 1. The van der Waals surface area contributed by atoms with Gasteiger partial charge in [-0.1, -0.05) is 12.1 Å². The average molecular weight is 415 g/mol. The topological polar surface area (TPSA) is 84.8 Å². The molecule has 158 valence electrons. The number of anilines is 1. The fourth-order valence-electron chi connectivity index (χ4n) is 4.07. The normalized spacial score (nSPS) is 15.8. The highest BCUT2D eigenvalue weighted by molar-refractivity contribution is 5.80. The zero-order valence-electron chi connectivity index (χ0n) is 17.4. The summed E-state index contributed by atoms with van der Waals surface area (Å²) in [6.07, 6.45) is 7.37. The Balaban J connectivity index is 1.38. The van der Waals surface area contributed by atoms with Gasteiger partial charge in [0.05, 0.1) is 11.7 Å². The molecule has 7 heteroatoms. The molecule has 1 saturated heterocycles. The summed E-state index contributed by atoms with van der Waals surface area (Å²) in [4.78, 5) is 25.1. The number of benzene rings is 1. The molecule has 0 amide bonds. The minimum absolute atomic E-state index is 0.0610. The van der Waals surface area contributed by atoms with Crippen LogP contribution < -0.4 is 10.9 Å². The summed E-state index contributed by atoms with van der Waals surface area (Å²) < 4.78 is 7.15. The van der Waals surface area contributed by atoms with E-state index in [0.717, 1.165) is 53.8 Å². The second-order valence-electron chi connectivity index (χ2n) is 7.96. The summed E-state index contributed by atoms with van der Waals surface area (Å²) in [6.45, 7) is 3.54. The number of rotatable bonds is 5. The van der Waals surface area contributed by atoms with Crippen molar-refractivity contribution >= 4 is 16.9 Å². The first-order chi connectivity index (χ1) is 15.2. The van der Waals surface area contributed by atoms with Crippen molar-refractivity contribution in [2.45, 2.75) is 31.8 Å². The number of fused-ring (bicyclic) bond motifs is 1. The van der Waals surface area contributed by atoms with Gasteiger partial charge in [0.15, 0.2) is 0 Å². The molecule has 4 aromatic rings. The van der Waals surface area contributed by atoms with Gasteiger partial charge in [0.1, 0.15) is 0 Å². The second kappa shape index (κ2) is 8.35. The Bertz CT molecular complexity index is 1260. The predicted octanol–water partition coefficient (Wildman–Crippen LogP) is 3.99. The third-order valence-corrected chi connectivity index (χ3v) is 5.93. The third-order valence-electron chi connectivity index (χ3n) is 5.93. The van der Waals surface area contributed by atoms with Crippen LogP contribution in [0.4, 0.5) is 5.95 Å². The maximum Gasteiger partial charge on any atom is 0.251 e. The van der Waals surface area contributed by atoms with E-state index in [1.807, 2.05) is 37.5 Å². The Morgan fingerprint density at radius 2 is 2.03 bits per heavy atom. The third kappa shape index (κ3) is 4.09. The van der Waals surface area contributed by atoms with Crippen LogP contribution in [0.25, 0.3) is 22.2 Å². The number of H-pyrrole nitrogens is 1. The molecule has 31 heavy (non-hydrogen) atoms. The summed E-state index contributed by atoms with van der Waals surface area (Å²) in [5, 5.41) is 4.54. The van der Waals surface area contributed by atoms with Gasteiger partial charge in [-0.2, -0.15) is 0 Å². The van der Waals surface area contributed by atoms with Crippen LogP contribution in [0.1, 0.15) is 31.4 Å². The maximum atomic E-state index is 12.9. The number of ether oxygens (including phenoxy) is 1. The number of nitrogens with zero attached hydrogens (tertiary/aromatic N) is 3. The van der Waals surface area contributed by atoms with E-state index in [4.69, 9.17) is 4.74 Å². The first-order valence-electron chi connectivity index (χ1n) is 10.6. The van der Waals surface area contributed by atoms with Gasteiger partial charge in [-0.05, 0) is 55.0 Å². The Morgan fingerprint density at radius 3 is 2.87 bits per heavy atom. The SMILES string of the molecule is CC(c1ccc2cc[nH]c2c1)n1ccc(-c2ccnc(NC3CCOCC3)n2)cc1=O. The van der Waals surface area contributed by atoms with Gasteiger partial charge in [-0.15, -0.1) is 0 Å². The lowest BCUT2D eigenvalue weighted by atomic mass is 10.1. The van der Waals surface area contributed by atoms with Gasteiger partial charge in [-0.3, -0.25) is 4.79 Å². The molecule has 0 aliphatic carbocycles. The number of nitrogens with one attached hydrogen (secondary N) is 2. The van der Waals surface area contributed by atoms with Crippen molar-refractivity contribution in [3.05, 3.63) is 77.0 Å². The van der Waals surface area contributed by atoms with Crippen molar-refractivity contribution in [2.24, 2.45) is 0 Å². The van der Waals surface area contributed by atoms with Crippen LogP contribution in [0.2, 0.25) is 0 Å². The minimum atomic E-state index is -0.0783. The lowest BCUT2D eigenvalue weighted by molar-refractivity contribution is 0.0903. The van der Waals surface area contributed by atoms with E-state index in [1.165, 1.54) is 0 Å². The lowest BCUT2D eigenvalue weighted by Gasteiger charge is -2.23. The van der Waals surface area contributed by atoms with Gasteiger partial charge in [0, 0.05) is 55.0 Å². The molecule has 0 spiro atoms. The summed E-state index contributed by atoms with van der Waals surface area (Å²) in [7, 11) is 0. The number of aromatic amines is 1. The van der Waals surface area contributed by atoms with E-state index in [0.29, 0.717) is 12.0 Å². The number of aromatic nitrogens is 4. The van der Waals surface area contributed by atoms with Crippen LogP contribution in [0.5, 0.6) is 0 Å². The van der Waals surface area contributed by atoms with Gasteiger partial charge in [-0.25, -0.2) is 9.97 Å². The zero-order valence-corrected chi connectivity index (χ0v) is 17.4. The van der Waals surface area contributed by atoms with Crippen molar-refractivity contribution in [3.8, 4) is 11.3 Å². The molecule has 0 radical (unpaired) electrons. The molecule has 0 saturated carbocycles. The Kier molecular flexibility index (Phi) is 5.26. The van der Waals surface area contributed by atoms with E-state index >= 15 is 0 Å². The smallest absolute Gasteiger partial charge is 0.251 e. The summed E-state index contributed by atoms with van der Waals surface area (Å²) in [5.41, 5.74) is 3.60. The van der Waals surface area contributed by atoms with Crippen LogP contribution >= 0.6 is 0 Å². The average Bonchev–Trinajstić information content (AvgIpc) is 3.27. The highest BCUT2D eigenvalue weighted by Gasteiger charge is 2.15. The molecule has 5 rings (SSSR count). The maximum absolute atomic E-state index is 12.9. The van der Waals surface area contributed by atoms with Gasteiger partial charge in [0.2, 0.25) is 5.95 Å². The molecule has 3 aromatic heterocycles. The van der Waals surface area contributed by atoms with Gasteiger partial charge < -0.3 is 19.6 Å². The highest BCUT2D eigenvalue weighted by Crippen LogP contribution is 2.23. The van der Waals surface area contributed by atoms with Crippen molar-refractivity contribution in [3.63, 3.8) is 0 Å². The number of hydrogen-bond acceptors (Lipinski definition) is 5. The van der Waals surface area contributed by atoms with Gasteiger partial charge >= 0.3 is 0 Å². The molecular weight excluding hydrogens is 390 g/mol. The minimum Gasteiger partial charge on any atom is -0.381 e. The van der Waals surface area contributed by atoms with Gasteiger partial charge in [0.25, 0.3) is 5.56 Å². The van der Waals surface area contributed by atoms with E-state index in [2.05, 4.69) is 38.5 Å². The largest absolute Gasteiger partial charge is 0.381 e. The summed E-state index contributed by atoms with van der Waals surface area (Å²) >= 11 is 0. The fraction of sp³-hybridized carbons (Fsp3) is 0.292. The van der Waals surface area contributed by atoms with Crippen LogP contribution in [0.3, 0.4) is 0 Å². The quantitative estimate of drug-likeness (QED) is 0.515. The Hall–Kier alpha value is -3.45. The molecular formula is C24H25N5O2. The molecule has 1 atom stereocenters. The summed E-state index contributed by atoms with van der Waals surface area (Å²) in [6, 6.07) is 13.9. The number of hydrogen-bond donors (Lipinski definition) is 2. The summed E-state index contributed by atoms with van der Waals surface area (Å²) in [5.74, 6) is 0.584. The fourth-order valence-corrected chi connectivity index (χ4v) is 4.07. The molecule has 1 fully saturated rings. The van der Waals surface area contributed by atoms with Crippen molar-refractivity contribution < 1.29 is 4.74 Å². The van der Waals surface area contributed by atoms with Crippen LogP contribution in [-0.2, 0) is 4.74 Å². The molecule has 1 aliphatic heterocycles. The molecule has 1 aromatic carbocycles. The van der Waals surface area contributed by atoms with E-state index in [1.54, 1.807) is 16.8 Å². The van der Waals surface area contributed by atoms with E-state index in [9.17, 15) is 4.79 Å². The Morgan fingerprint density at radius 1 is 1.16 bits per heavy atom. The molecule has 1 unspecified atom stereocenters. The van der Waals surface area contributed by atoms with Crippen LogP contribution in [0.15, 0.2) is 65.8 Å².